The standard InChI is InChI=1S/C12H18O5/c1-4-6-10(13)15-8-5-7-9-12(2,3)17-11(14)16-9/h4,9H,1,5-8H2,2-3H3. The van der Waals surface area contributed by atoms with Crippen LogP contribution in [0.3, 0.4) is 0 Å². The quantitative estimate of drug-likeness (QED) is 0.406. The minimum Gasteiger partial charge on any atom is -0.465 e. The lowest BCUT2D eigenvalue weighted by Gasteiger charge is -2.21. The molecule has 0 bridgehead atoms. The van der Waals surface area contributed by atoms with Gasteiger partial charge in [0.1, 0.15) is 11.7 Å². The second kappa shape index (κ2) is 5.70. The van der Waals surface area contributed by atoms with Crippen molar-refractivity contribution in [3.05, 3.63) is 12.7 Å². The molecule has 0 aromatic carbocycles. The molecule has 0 radical (unpaired) electrons. The van der Waals surface area contributed by atoms with Crippen LogP contribution in [-0.2, 0) is 19.0 Å². The largest absolute Gasteiger partial charge is 0.509 e. The summed E-state index contributed by atoms with van der Waals surface area (Å²) in [6.45, 7) is 7.36. The number of hydrogen-bond acceptors (Lipinski definition) is 5. The van der Waals surface area contributed by atoms with Crippen LogP contribution in [0.2, 0.25) is 0 Å². The van der Waals surface area contributed by atoms with Gasteiger partial charge in [0.15, 0.2) is 0 Å². The zero-order valence-corrected chi connectivity index (χ0v) is 10.2. The van der Waals surface area contributed by atoms with Gasteiger partial charge in [0, 0.05) is 0 Å². The summed E-state index contributed by atoms with van der Waals surface area (Å²) < 4.78 is 15.0. The van der Waals surface area contributed by atoms with E-state index in [4.69, 9.17) is 14.2 Å². The molecule has 96 valence electrons. The Morgan fingerprint density at radius 1 is 1.59 bits per heavy atom. The molecule has 0 N–H and O–H groups in total. The van der Waals surface area contributed by atoms with Crippen molar-refractivity contribution in [1.82, 2.24) is 0 Å². The van der Waals surface area contributed by atoms with Crippen molar-refractivity contribution in [1.29, 1.82) is 0 Å². The van der Waals surface area contributed by atoms with Crippen molar-refractivity contribution in [2.75, 3.05) is 6.61 Å². The molecule has 0 aliphatic carbocycles. The van der Waals surface area contributed by atoms with Gasteiger partial charge in [-0.05, 0) is 26.7 Å². The number of ether oxygens (including phenoxy) is 3. The van der Waals surface area contributed by atoms with E-state index < -0.39 is 11.8 Å². The van der Waals surface area contributed by atoms with Crippen molar-refractivity contribution >= 4 is 12.1 Å². The first kappa shape index (κ1) is 13.5. The molecule has 1 atom stereocenters. The summed E-state index contributed by atoms with van der Waals surface area (Å²) in [4.78, 5) is 22.0. The summed E-state index contributed by atoms with van der Waals surface area (Å²) in [5, 5.41) is 0. The Hall–Kier alpha value is -1.52. The van der Waals surface area contributed by atoms with Crippen LogP contribution in [0.4, 0.5) is 4.79 Å². The first-order valence-electron chi connectivity index (χ1n) is 5.62. The number of rotatable bonds is 6. The van der Waals surface area contributed by atoms with Gasteiger partial charge in [0.25, 0.3) is 0 Å². The summed E-state index contributed by atoms with van der Waals surface area (Å²) >= 11 is 0. The van der Waals surface area contributed by atoms with Crippen molar-refractivity contribution < 1.29 is 23.8 Å². The Labute approximate surface area is 101 Å². The summed E-state index contributed by atoms with van der Waals surface area (Å²) in [5.41, 5.74) is -0.609. The maximum atomic E-state index is 11.0. The molecule has 1 saturated heterocycles. The van der Waals surface area contributed by atoms with Crippen LogP contribution in [0.15, 0.2) is 12.7 Å². The smallest absolute Gasteiger partial charge is 0.465 e. The molecular weight excluding hydrogens is 224 g/mol. The summed E-state index contributed by atoms with van der Waals surface area (Å²) in [5.74, 6) is -0.293. The molecule has 1 aliphatic heterocycles. The highest BCUT2D eigenvalue weighted by atomic mass is 16.8. The first-order chi connectivity index (χ1) is 7.95. The van der Waals surface area contributed by atoms with Crippen molar-refractivity contribution in [2.45, 2.75) is 44.8 Å². The van der Waals surface area contributed by atoms with Gasteiger partial charge >= 0.3 is 12.1 Å². The maximum Gasteiger partial charge on any atom is 0.509 e. The molecule has 0 aromatic heterocycles. The summed E-state index contributed by atoms with van der Waals surface area (Å²) in [6.07, 6.45) is 2.04. The number of hydrogen-bond donors (Lipinski definition) is 0. The van der Waals surface area contributed by atoms with E-state index in [1.807, 2.05) is 0 Å². The van der Waals surface area contributed by atoms with E-state index in [9.17, 15) is 9.59 Å². The van der Waals surface area contributed by atoms with E-state index in [1.165, 1.54) is 6.08 Å². The van der Waals surface area contributed by atoms with Crippen LogP contribution >= 0.6 is 0 Å². The van der Waals surface area contributed by atoms with E-state index in [0.717, 1.165) is 0 Å². The Morgan fingerprint density at radius 3 is 2.82 bits per heavy atom. The van der Waals surface area contributed by atoms with Crippen LogP contribution in [0.1, 0.15) is 33.1 Å². The Kier molecular flexibility index (Phi) is 4.54. The fourth-order valence-corrected chi connectivity index (χ4v) is 1.60. The molecule has 0 amide bonds. The van der Waals surface area contributed by atoms with Gasteiger partial charge < -0.3 is 14.2 Å². The van der Waals surface area contributed by atoms with Crippen LogP contribution in [0.25, 0.3) is 0 Å². The van der Waals surface area contributed by atoms with Gasteiger partial charge in [0.05, 0.1) is 13.0 Å². The second-order valence-electron chi connectivity index (χ2n) is 4.42. The average molecular weight is 242 g/mol. The van der Waals surface area contributed by atoms with Crippen molar-refractivity contribution in [2.24, 2.45) is 0 Å². The molecule has 1 fully saturated rings. The number of cyclic esters (lactones) is 2. The van der Waals surface area contributed by atoms with Gasteiger partial charge in [-0.3, -0.25) is 4.79 Å². The third-order valence-electron chi connectivity index (χ3n) is 2.54. The van der Waals surface area contributed by atoms with Gasteiger partial charge in [-0.1, -0.05) is 6.08 Å². The van der Waals surface area contributed by atoms with E-state index in [1.54, 1.807) is 13.8 Å². The molecule has 0 aromatic rings. The molecule has 5 heteroatoms. The molecule has 1 unspecified atom stereocenters. The van der Waals surface area contributed by atoms with E-state index >= 15 is 0 Å². The Bertz CT molecular complexity index is 308. The third kappa shape index (κ3) is 4.09. The average Bonchev–Trinajstić information content (AvgIpc) is 2.47. The zero-order chi connectivity index (χ0) is 12.9. The molecule has 17 heavy (non-hydrogen) atoms. The SMILES string of the molecule is C=CCC(=O)OCCCC1OC(=O)OC1(C)C. The van der Waals surface area contributed by atoms with E-state index in [2.05, 4.69) is 6.58 Å². The van der Waals surface area contributed by atoms with Gasteiger partial charge in [-0.2, -0.15) is 0 Å². The monoisotopic (exact) mass is 242 g/mol. The van der Waals surface area contributed by atoms with Crippen LogP contribution in [0.5, 0.6) is 0 Å². The number of esters is 1. The lowest BCUT2D eigenvalue weighted by molar-refractivity contribution is -0.142. The molecule has 0 saturated carbocycles. The molecular formula is C12H18O5. The van der Waals surface area contributed by atoms with E-state index in [0.29, 0.717) is 19.4 Å². The fraction of sp³-hybridized carbons (Fsp3) is 0.667. The minimum absolute atomic E-state index is 0.215. The lowest BCUT2D eigenvalue weighted by atomic mass is 9.98. The Balaban J connectivity index is 2.21. The van der Waals surface area contributed by atoms with Crippen LogP contribution in [-0.4, -0.2) is 30.4 Å². The zero-order valence-electron chi connectivity index (χ0n) is 10.2. The number of carbonyl (C=O) groups excluding carboxylic acids is 2. The predicted octanol–water partition coefficient (Wildman–Crippen LogP) is 2.20. The molecule has 1 rings (SSSR count). The van der Waals surface area contributed by atoms with Gasteiger partial charge in [0.2, 0.25) is 0 Å². The van der Waals surface area contributed by atoms with E-state index in [-0.39, 0.29) is 18.5 Å². The Morgan fingerprint density at radius 2 is 2.29 bits per heavy atom. The molecule has 1 aliphatic rings. The summed E-state index contributed by atoms with van der Waals surface area (Å²) in [6, 6.07) is 0. The van der Waals surface area contributed by atoms with Crippen LogP contribution < -0.4 is 0 Å². The topological polar surface area (TPSA) is 61.8 Å². The summed E-state index contributed by atoms with van der Waals surface area (Å²) in [7, 11) is 0. The fourth-order valence-electron chi connectivity index (χ4n) is 1.60. The number of carbonyl (C=O) groups is 2. The lowest BCUT2D eigenvalue weighted by Crippen LogP contribution is -2.33. The highest BCUT2D eigenvalue weighted by Gasteiger charge is 2.43. The van der Waals surface area contributed by atoms with Crippen LogP contribution in [0, 0.1) is 0 Å². The molecule has 5 nitrogen and oxygen atoms in total. The highest BCUT2D eigenvalue weighted by molar-refractivity contribution is 5.70. The highest BCUT2D eigenvalue weighted by Crippen LogP contribution is 2.29. The predicted molar refractivity (Wildman–Crippen MR) is 60.4 cm³/mol. The first-order valence-corrected chi connectivity index (χ1v) is 5.62. The van der Waals surface area contributed by atoms with Crippen molar-refractivity contribution in [3.8, 4) is 0 Å². The molecule has 1 heterocycles. The van der Waals surface area contributed by atoms with Crippen molar-refractivity contribution in [3.63, 3.8) is 0 Å². The van der Waals surface area contributed by atoms with Gasteiger partial charge in [-0.25, -0.2) is 4.79 Å². The minimum atomic E-state index is -0.636. The second-order valence-corrected chi connectivity index (χ2v) is 4.42. The maximum absolute atomic E-state index is 11.0. The normalized spacial score (nSPS) is 21.5. The third-order valence-corrected chi connectivity index (χ3v) is 2.54. The van der Waals surface area contributed by atoms with Gasteiger partial charge in [-0.15, -0.1) is 6.58 Å². The molecule has 0 spiro atoms.